The number of hydrogen-bond donors (Lipinski definition) is 3. The molecule has 5 rings (SSSR count). The standard InChI is InChI=1S/C37H41N3O8S2/c1-5-47-35(45)29-27-18-19-40(36(46)48-37(2,3)4)21-28(27)50-33(29)39-32(42)30(22-12-7-6-8-13-22)49-24-15-11-14-23(20-24)38-31(41)25-16-9-10-17-26(25)34(43)44/h6-15,20,25-26,30H,5,16-19,21H2,1-4H3,(H,38,41)(H,39,42)(H,43,44). The van der Waals surface area contributed by atoms with Crippen LogP contribution in [0.4, 0.5) is 15.5 Å². The second-order valence-electron chi connectivity index (χ2n) is 13.0. The fourth-order valence-electron chi connectivity index (χ4n) is 5.87. The third-order valence-corrected chi connectivity index (χ3v) is 10.6. The summed E-state index contributed by atoms with van der Waals surface area (Å²) in [6.45, 7) is 7.86. The van der Waals surface area contributed by atoms with Gasteiger partial charge >= 0.3 is 18.0 Å². The lowest BCUT2D eigenvalue weighted by molar-refractivity contribution is -0.146. The van der Waals surface area contributed by atoms with E-state index in [-0.39, 0.29) is 25.0 Å². The number of ether oxygens (including phenoxy) is 2. The van der Waals surface area contributed by atoms with Crippen LogP contribution in [0.1, 0.15) is 72.1 Å². The Morgan fingerprint density at radius 1 is 1.00 bits per heavy atom. The molecule has 1 aliphatic heterocycles. The van der Waals surface area contributed by atoms with Crippen molar-refractivity contribution in [3.8, 4) is 0 Å². The second kappa shape index (κ2) is 15.9. The Kier molecular flexibility index (Phi) is 11.7. The number of carbonyl (C=O) groups excluding carboxylic acids is 4. The summed E-state index contributed by atoms with van der Waals surface area (Å²) in [5.74, 6) is -3.79. The number of allylic oxidation sites excluding steroid dienone is 2. The molecule has 0 saturated heterocycles. The van der Waals surface area contributed by atoms with Gasteiger partial charge in [-0.05, 0) is 76.3 Å². The maximum absolute atomic E-state index is 14.2. The zero-order valence-electron chi connectivity index (χ0n) is 28.4. The maximum atomic E-state index is 14.2. The Bertz CT molecular complexity index is 1780. The molecule has 3 aromatic rings. The van der Waals surface area contributed by atoms with Crippen LogP contribution in [-0.2, 0) is 36.8 Å². The van der Waals surface area contributed by atoms with Gasteiger partial charge in [-0.3, -0.25) is 14.4 Å². The number of carbonyl (C=O) groups is 5. The number of carboxylic acids is 1. The number of benzene rings is 2. The minimum atomic E-state index is -1.01. The number of thioether (sulfide) groups is 1. The normalized spacial score (nSPS) is 17.6. The molecular formula is C37H41N3O8S2. The Hall–Kier alpha value is -4.62. The lowest BCUT2D eigenvalue weighted by Crippen LogP contribution is -2.39. The molecule has 0 bridgehead atoms. The SMILES string of the molecule is CCOC(=O)c1c(NC(=O)C(Sc2cccc(NC(=O)C3CC=CCC3C(=O)O)c2)c2ccccc2)sc2c1CCN(C(=O)OC(C)(C)C)C2. The van der Waals surface area contributed by atoms with E-state index in [2.05, 4.69) is 10.6 Å². The van der Waals surface area contributed by atoms with Gasteiger partial charge in [0.2, 0.25) is 11.8 Å². The highest BCUT2D eigenvalue weighted by Crippen LogP contribution is 2.41. The zero-order valence-corrected chi connectivity index (χ0v) is 30.0. The zero-order chi connectivity index (χ0) is 36.0. The van der Waals surface area contributed by atoms with Crippen molar-refractivity contribution in [2.45, 2.75) is 69.2 Å². The third-order valence-electron chi connectivity index (χ3n) is 8.21. The number of carboxylic acid groups (broad SMARTS) is 1. The lowest BCUT2D eigenvalue weighted by atomic mass is 9.82. The van der Waals surface area contributed by atoms with Gasteiger partial charge in [0.1, 0.15) is 15.9 Å². The Morgan fingerprint density at radius 2 is 1.72 bits per heavy atom. The highest BCUT2D eigenvalue weighted by Gasteiger charge is 2.35. The fourth-order valence-corrected chi connectivity index (χ4v) is 8.20. The van der Waals surface area contributed by atoms with E-state index in [4.69, 9.17) is 9.47 Å². The average Bonchev–Trinajstić information content (AvgIpc) is 3.44. The van der Waals surface area contributed by atoms with Crippen LogP contribution in [-0.4, -0.2) is 58.6 Å². The topological polar surface area (TPSA) is 151 Å². The maximum Gasteiger partial charge on any atom is 0.410 e. The summed E-state index contributed by atoms with van der Waals surface area (Å²) in [5.41, 5.74) is 1.58. The molecule has 3 unspecified atom stereocenters. The van der Waals surface area contributed by atoms with Gasteiger partial charge in [0.05, 0.1) is 30.6 Å². The summed E-state index contributed by atoms with van der Waals surface area (Å²) in [5, 5.41) is 15.1. The van der Waals surface area contributed by atoms with Crippen LogP contribution in [0.3, 0.4) is 0 Å². The van der Waals surface area contributed by atoms with Crippen molar-refractivity contribution >= 4 is 63.6 Å². The number of amides is 3. The quantitative estimate of drug-likeness (QED) is 0.111. The molecule has 3 N–H and O–H groups in total. The van der Waals surface area contributed by atoms with Crippen molar-refractivity contribution in [1.29, 1.82) is 0 Å². The predicted molar refractivity (Wildman–Crippen MR) is 192 cm³/mol. The fraction of sp³-hybridized carbons (Fsp3) is 0.378. The molecule has 2 heterocycles. The summed E-state index contributed by atoms with van der Waals surface area (Å²) >= 11 is 2.51. The average molecular weight is 720 g/mol. The number of fused-ring (bicyclic) bond motifs is 1. The third kappa shape index (κ3) is 8.94. The number of nitrogens with zero attached hydrogens (tertiary/aromatic N) is 1. The van der Waals surface area contributed by atoms with Gasteiger partial charge in [0, 0.05) is 22.0 Å². The molecule has 2 aromatic carbocycles. The largest absolute Gasteiger partial charge is 0.481 e. The van der Waals surface area contributed by atoms with Crippen molar-refractivity contribution in [3.63, 3.8) is 0 Å². The molecule has 264 valence electrons. The summed E-state index contributed by atoms with van der Waals surface area (Å²) in [4.78, 5) is 68.2. The summed E-state index contributed by atoms with van der Waals surface area (Å²) in [6.07, 6.45) is 4.20. The number of esters is 1. The molecule has 13 heteroatoms. The van der Waals surface area contributed by atoms with Crippen molar-refractivity contribution < 1.29 is 38.6 Å². The van der Waals surface area contributed by atoms with Crippen LogP contribution in [0.5, 0.6) is 0 Å². The van der Waals surface area contributed by atoms with Crippen molar-refractivity contribution in [2.75, 3.05) is 23.8 Å². The molecule has 2 aliphatic rings. The summed E-state index contributed by atoms with van der Waals surface area (Å²) in [6, 6.07) is 16.3. The first-order chi connectivity index (χ1) is 23.8. The number of aliphatic carboxylic acids is 1. The van der Waals surface area contributed by atoms with Crippen LogP contribution < -0.4 is 10.6 Å². The van der Waals surface area contributed by atoms with Crippen LogP contribution >= 0.6 is 23.1 Å². The number of thiophene rings is 1. The van der Waals surface area contributed by atoms with E-state index < -0.39 is 40.7 Å². The summed E-state index contributed by atoms with van der Waals surface area (Å²) in [7, 11) is 0. The van der Waals surface area contributed by atoms with Crippen LogP contribution in [0.15, 0.2) is 71.6 Å². The molecule has 11 nitrogen and oxygen atoms in total. The number of rotatable bonds is 10. The van der Waals surface area contributed by atoms with Crippen molar-refractivity contribution in [2.24, 2.45) is 11.8 Å². The van der Waals surface area contributed by atoms with Crippen LogP contribution in [0.25, 0.3) is 0 Å². The lowest BCUT2D eigenvalue weighted by Gasteiger charge is -2.30. The number of nitrogens with one attached hydrogen (secondary N) is 2. The van der Waals surface area contributed by atoms with Gasteiger partial charge in [0.25, 0.3) is 0 Å². The van der Waals surface area contributed by atoms with E-state index in [0.717, 1.165) is 16.0 Å². The van der Waals surface area contributed by atoms with Gasteiger partial charge in [-0.15, -0.1) is 23.1 Å². The van der Waals surface area contributed by atoms with Gasteiger partial charge in [-0.25, -0.2) is 9.59 Å². The monoisotopic (exact) mass is 719 g/mol. The molecule has 0 saturated carbocycles. The van der Waals surface area contributed by atoms with Crippen LogP contribution in [0, 0.1) is 11.8 Å². The number of hydrogen-bond acceptors (Lipinski definition) is 9. The highest BCUT2D eigenvalue weighted by molar-refractivity contribution is 8.00. The van der Waals surface area contributed by atoms with Crippen molar-refractivity contribution in [3.05, 3.63) is 88.3 Å². The van der Waals surface area contributed by atoms with Crippen molar-refractivity contribution in [1.82, 2.24) is 4.90 Å². The molecule has 0 radical (unpaired) electrons. The van der Waals surface area contributed by atoms with Crippen LogP contribution in [0.2, 0.25) is 0 Å². The minimum absolute atomic E-state index is 0.157. The van der Waals surface area contributed by atoms with E-state index in [9.17, 15) is 29.1 Å². The molecule has 3 amide bonds. The smallest absolute Gasteiger partial charge is 0.410 e. The molecule has 50 heavy (non-hydrogen) atoms. The highest BCUT2D eigenvalue weighted by atomic mass is 32.2. The van der Waals surface area contributed by atoms with Gasteiger partial charge in [-0.2, -0.15) is 0 Å². The molecule has 3 atom stereocenters. The first-order valence-corrected chi connectivity index (χ1v) is 18.1. The first kappa shape index (κ1) is 36.7. The predicted octanol–water partition coefficient (Wildman–Crippen LogP) is 7.30. The second-order valence-corrected chi connectivity index (χ2v) is 15.3. The molecule has 0 spiro atoms. The van der Waals surface area contributed by atoms with E-state index >= 15 is 0 Å². The molecular weight excluding hydrogens is 679 g/mol. The molecule has 0 fully saturated rings. The van der Waals surface area contributed by atoms with Gasteiger partial charge in [-0.1, -0.05) is 48.6 Å². The molecule has 1 aliphatic carbocycles. The van der Waals surface area contributed by atoms with E-state index in [1.165, 1.54) is 23.1 Å². The van der Waals surface area contributed by atoms with Gasteiger partial charge < -0.3 is 30.1 Å². The first-order valence-electron chi connectivity index (χ1n) is 16.5. The van der Waals surface area contributed by atoms with E-state index in [1.54, 1.807) is 56.9 Å². The number of anilines is 2. The molecule has 1 aromatic heterocycles. The van der Waals surface area contributed by atoms with E-state index in [0.29, 0.717) is 47.0 Å². The van der Waals surface area contributed by atoms with E-state index in [1.807, 2.05) is 42.5 Å². The Balaban J connectivity index is 1.39. The minimum Gasteiger partial charge on any atom is -0.481 e. The Labute approximate surface area is 299 Å². The Morgan fingerprint density at radius 3 is 2.40 bits per heavy atom. The summed E-state index contributed by atoms with van der Waals surface area (Å²) < 4.78 is 11.0. The van der Waals surface area contributed by atoms with Gasteiger partial charge in [0.15, 0.2) is 0 Å².